The van der Waals surface area contributed by atoms with Gasteiger partial charge < -0.3 is 8.85 Å². The van der Waals surface area contributed by atoms with E-state index in [9.17, 15) is 0 Å². The van der Waals surface area contributed by atoms with Crippen LogP contribution in [0.1, 0.15) is 94.4 Å². The Morgan fingerprint density at radius 1 is 1.00 bits per heavy atom. The van der Waals surface area contributed by atoms with E-state index in [1.165, 1.54) is 32.1 Å². The molecule has 0 radical (unpaired) electrons. The van der Waals surface area contributed by atoms with Crippen molar-refractivity contribution in [2.75, 3.05) is 14.2 Å². The van der Waals surface area contributed by atoms with Crippen LogP contribution in [0.25, 0.3) is 0 Å². The highest BCUT2D eigenvalue weighted by Gasteiger charge is 2.71. The lowest BCUT2D eigenvalue weighted by molar-refractivity contribution is -0.0248. The van der Waals surface area contributed by atoms with E-state index in [0.717, 1.165) is 0 Å². The molecule has 0 aromatic rings. The maximum absolute atomic E-state index is 6.51. The Labute approximate surface area is 153 Å². The van der Waals surface area contributed by atoms with Crippen molar-refractivity contribution in [2.24, 2.45) is 16.7 Å². The van der Waals surface area contributed by atoms with Gasteiger partial charge in [0, 0.05) is 24.3 Å². The van der Waals surface area contributed by atoms with Gasteiger partial charge in [0.25, 0.3) is 0 Å². The van der Waals surface area contributed by atoms with Crippen LogP contribution in [0.2, 0.25) is 10.1 Å². The Hall–Kier alpha value is 0.137. The summed E-state index contributed by atoms with van der Waals surface area (Å²) in [6, 6.07) is 0. The topological polar surface area (TPSA) is 18.5 Å². The SMILES string of the molecule is CCCC(C)C(C)(C)[Si](OC)(OC)C1(C)CCCC(C)(C)C1(C)C. The summed E-state index contributed by atoms with van der Waals surface area (Å²) in [5.41, 5.74) is 0.457. The zero-order chi connectivity index (χ0) is 19.0. The first-order chi connectivity index (χ1) is 10.8. The molecule has 2 unspecified atom stereocenters. The molecule has 0 spiro atoms. The molecule has 144 valence electrons. The Morgan fingerprint density at radius 2 is 1.50 bits per heavy atom. The third kappa shape index (κ3) is 2.83. The molecular formula is C21H44O2Si. The summed E-state index contributed by atoms with van der Waals surface area (Å²) in [6.07, 6.45) is 6.22. The Balaban J connectivity index is 3.57. The smallest absolute Gasteiger partial charge is 0.350 e. The summed E-state index contributed by atoms with van der Waals surface area (Å²) >= 11 is 0. The van der Waals surface area contributed by atoms with Crippen molar-refractivity contribution < 1.29 is 8.85 Å². The maximum Gasteiger partial charge on any atom is 0.350 e. The minimum absolute atomic E-state index is 0.0615. The van der Waals surface area contributed by atoms with Gasteiger partial charge >= 0.3 is 8.56 Å². The van der Waals surface area contributed by atoms with Crippen molar-refractivity contribution in [3.05, 3.63) is 0 Å². The molecule has 0 heterocycles. The van der Waals surface area contributed by atoms with Crippen molar-refractivity contribution in [3.8, 4) is 0 Å². The second kappa shape index (κ2) is 7.04. The molecule has 0 aromatic heterocycles. The van der Waals surface area contributed by atoms with E-state index >= 15 is 0 Å². The van der Waals surface area contributed by atoms with Crippen LogP contribution in [0.15, 0.2) is 0 Å². The first kappa shape index (κ1) is 22.2. The highest BCUT2D eigenvalue weighted by atomic mass is 28.4. The molecule has 1 rings (SSSR count). The average molecular weight is 357 g/mol. The summed E-state index contributed by atoms with van der Waals surface area (Å²) in [4.78, 5) is 0. The monoisotopic (exact) mass is 356 g/mol. The molecule has 0 N–H and O–H groups in total. The molecule has 0 amide bonds. The van der Waals surface area contributed by atoms with E-state index in [1.54, 1.807) is 0 Å². The summed E-state index contributed by atoms with van der Waals surface area (Å²) in [5.74, 6) is 0.590. The molecule has 24 heavy (non-hydrogen) atoms. The Kier molecular flexibility index (Phi) is 6.50. The molecule has 0 saturated heterocycles. The van der Waals surface area contributed by atoms with Gasteiger partial charge in [-0.3, -0.25) is 0 Å². The minimum Gasteiger partial charge on any atom is -0.397 e. The van der Waals surface area contributed by atoms with Gasteiger partial charge in [-0.2, -0.15) is 0 Å². The van der Waals surface area contributed by atoms with Crippen LogP contribution in [0, 0.1) is 16.7 Å². The lowest BCUT2D eigenvalue weighted by atomic mass is 9.54. The Morgan fingerprint density at radius 3 is 1.92 bits per heavy atom. The molecule has 0 aromatic carbocycles. The Bertz CT molecular complexity index is 424. The van der Waals surface area contributed by atoms with Crippen LogP contribution in [0.4, 0.5) is 0 Å². The lowest BCUT2D eigenvalue weighted by Crippen LogP contribution is -2.67. The number of hydrogen-bond donors (Lipinski definition) is 0. The summed E-state index contributed by atoms with van der Waals surface area (Å²) in [6.45, 7) is 21.8. The van der Waals surface area contributed by atoms with Crippen LogP contribution in [0.5, 0.6) is 0 Å². The van der Waals surface area contributed by atoms with E-state index < -0.39 is 8.56 Å². The van der Waals surface area contributed by atoms with E-state index in [2.05, 4.69) is 62.3 Å². The first-order valence-corrected chi connectivity index (χ1v) is 11.7. The summed E-state index contributed by atoms with van der Waals surface area (Å²) in [5, 5.41) is 0.142. The molecule has 0 aliphatic heterocycles. The van der Waals surface area contributed by atoms with Crippen molar-refractivity contribution in [2.45, 2.75) is 104 Å². The molecule has 0 bridgehead atoms. The third-order valence-corrected chi connectivity index (χ3v) is 14.3. The van der Waals surface area contributed by atoms with E-state index in [-0.39, 0.29) is 15.5 Å². The molecule has 1 saturated carbocycles. The third-order valence-electron chi connectivity index (χ3n) is 8.65. The van der Waals surface area contributed by atoms with Gasteiger partial charge in [0.15, 0.2) is 0 Å². The fourth-order valence-corrected chi connectivity index (χ4v) is 11.7. The zero-order valence-corrected chi connectivity index (χ0v) is 19.4. The number of hydrogen-bond acceptors (Lipinski definition) is 2. The largest absolute Gasteiger partial charge is 0.397 e. The molecule has 2 atom stereocenters. The van der Waals surface area contributed by atoms with Gasteiger partial charge in [-0.25, -0.2) is 0 Å². The quantitative estimate of drug-likeness (QED) is 0.460. The van der Waals surface area contributed by atoms with E-state index in [0.29, 0.717) is 11.3 Å². The predicted molar refractivity (Wildman–Crippen MR) is 108 cm³/mol. The molecular weight excluding hydrogens is 312 g/mol. The van der Waals surface area contributed by atoms with Gasteiger partial charge in [-0.15, -0.1) is 0 Å². The average Bonchev–Trinajstić information content (AvgIpc) is 2.47. The van der Waals surface area contributed by atoms with Crippen molar-refractivity contribution in [1.82, 2.24) is 0 Å². The highest BCUT2D eigenvalue weighted by molar-refractivity contribution is 6.74. The summed E-state index contributed by atoms with van der Waals surface area (Å²) < 4.78 is 13.0. The lowest BCUT2D eigenvalue weighted by Gasteiger charge is -2.65. The van der Waals surface area contributed by atoms with Crippen molar-refractivity contribution in [1.29, 1.82) is 0 Å². The van der Waals surface area contributed by atoms with Gasteiger partial charge in [-0.1, -0.05) is 81.6 Å². The molecule has 1 fully saturated rings. The van der Waals surface area contributed by atoms with Crippen LogP contribution in [-0.4, -0.2) is 22.8 Å². The molecule has 3 heteroatoms. The van der Waals surface area contributed by atoms with Gasteiger partial charge in [0.1, 0.15) is 0 Å². The second-order valence-electron chi connectivity index (χ2n) is 10.1. The maximum atomic E-state index is 6.51. The normalized spacial score (nSPS) is 28.6. The fourth-order valence-electron chi connectivity index (χ4n) is 5.72. The number of rotatable bonds is 7. The van der Waals surface area contributed by atoms with Crippen LogP contribution < -0.4 is 0 Å². The molecule has 2 nitrogen and oxygen atoms in total. The predicted octanol–water partition coefficient (Wildman–Crippen LogP) is 6.93. The first-order valence-electron chi connectivity index (χ1n) is 9.91. The van der Waals surface area contributed by atoms with Crippen molar-refractivity contribution in [3.63, 3.8) is 0 Å². The molecule has 1 aliphatic carbocycles. The van der Waals surface area contributed by atoms with Crippen molar-refractivity contribution >= 4 is 8.56 Å². The molecule has 1 aliphatic rings. The fraction of sp³-hybridized carbons (Fsp3) is 1.00. The van der Waals surface area contributed by atoms with E-state index in [1.807, 2.05) is 14.2 Å². The minimum atomic E-state index is -2.52. The van der Waals surface area contributed by atoms with Crippen LogP contribution in [-0.2, 0) is 8.85 Å². The van der Waals surface area contributed by atoms with Gasteiger partial charge in [-0.05, 0) is 29.6 Å². The summed E-state index contributed by atoms with van der Waals surface area (Å²) in [7, 11) is 1.31. The highest BCUT2D eigenvalue weighted by Crippen LogP contribution is 2.72. The standard InChI is InChI=1S/C21H44O2Si/c1-12-14-17(2)19(5,6)24(22-10,23-11)21(9)16-13-15-18(3,4)20(21,7)8/h17H,12-16H2,1-11H3. The van der Waals surface area contributed by atoms with Crippen LogP contribution in [0.3, 0.4) is 0 Å². The van der Waals surface area contributed by atoms with Gasteiger partial charge in [0.05, 0.1) is 0 Å². The van der Waals surface area contributed by atoms with E-state index in [4.69, 9.17) is 8.85 Å². The zero-order valence-electron chi connectivity index (χ0n) is 18.4. The second-order valence-corrected chi connectivity index (χ2v) is 14.6. The van der Waals surface area contributed by atoms with Gasteiger partial charge in [0.2, 0.25) is 0 Å². The van der Waals surface area contributed by atoms with Crippen LogP contribution >= 0.6 is 0 Å².